The summed E-state index contributed by atoms with van der Waals surface area (Å²) in [5.74, 6) is 0. The van der Waals surface area contributed by atoms with Crippen LogP contribution in [0.2, 0.25) is 0 Å². The zero-order valence-electron chi connectivity index (χ0n) is 9.12. The first kappa shape index (κ1) is 11.6. The lowest BCUT2D eigenvalue weighted by atomic mass is 10.00. The van der Waals surface area contributed by atoms with Crippen molar-refractivity contribution in [3.8, 4) is 6.19 Å². The highest BCUT2D eigenvalue weighted by Crippen LogP contribution is 2.17. The molecule has 4 heteroatoms. The SMILES string of the molecule is CCOC(=NCC1=CCCCC1)NC#N. The van der Waals surface area contributed by atoms with E-state index in [1.54, 1.807) is 0 Å². The topological polar surface area (TPSA) is 57.4 Å². The van der Waals surface area contributed by atoms with Crippen molar-refractivity contribution in [2.24, 2.45) is 4.99 Å². The van der Waals surface area contributed by atoms with Gasteiger partial charge in [0, 0.05) is 0 Å². The maximum absolute atomic E-state index is 8.46. The summed E-state index contributed by atoms with van der Waals surface area (Å²) < 4.78 is 5.16. The van der Waals surface area contributed by atoms with Crippen molar-refractivity contribution in [1.82, 2.24) is 5.32 Å². The van der Waals surface area contributed by atoms with Crippen LogP contribution in [-0.4, -0.2) is 19.2 Å². The highest BCUT2D eigenvalue weighted by Gasteiger charge is 2.03. The average Bonchev–Trinajstić information content (AvgIpc) is 2.28. The third kappa shape index (κ3) is 4.50. The molecule has 0 fully saturated rings. The highest BCUT2D eigenvalue weighted by atomic mass is 16.5. The van der Waals surface area contributed by atoms with Crippen molar-refractivity contribution in [3.05, 3.63) is 11.6 Å². The molecular weight excluding hydrogens is 190 g/mol. The second kappa shape index (κ2) is 6.88. The molecule has 0 aromatic rings. The van der Waals surface area contributed by atoms with E-state index in [9.17, 15) is 0 Å². The first-order valence-electron chi connectivity index (χ1n) is 5.37. The number of hydrogen-bond acceptors (Lipinski definition) is 3. The van der Waals surface area contributed by atoms with Gasteiger partial charge in [-0.05, 0) is 32.6 Å². The summed E-state index contributed by atoms with van der Waals surface area (Å²) >= 11 is 0. The van der Waals surface area contributed by atoms with Crippen LogP contribution in [0.3, 0.4) is 0 Å². The molecule has 0 atom stereocenters. The van der Waals surface area contributed by atoms with E-state index in [0.717, 1.165) is 12.8 Å². The van der Waals surface area contributed by atoms with Gasteiger partial charge in [-0.2, -0.15) is 5.26 Å². The molecular formula is C11H17N3O. The molecule has 0 aliphatic heterocycles. The van der Waals surface area contributed by atoms with Crippen molar-refractivity contribution in [2.45, 2.75) is 32.6 Å². The lowest BCUT2D eigenvalue weighted by Gasteiger charge is -2.11. The van der Waals surface area contributed by atoms with Gasteiger partial charge in [-0.15, -0.1) is 0 Å². The minimum atomic E-state index is 0.325. The Morgan fingerprint density at radius 3 is 3.13 bits per heavy atom. The Hall–Kier alpha value is -1.50. The predicted molar refractivity (Wildman–Crippen MR) is 59.2 cm³/mol. The van der Waals surface area contributed by atoms with Gasteiger partial charge in [0.15, 0.2) is 6.19 Å². The van der Waals surface area contributed by atoms with E-state index < -0.39 is 0 Å². The lowest BCUT2D eigenvalue weighted by Crippen LogP contribution is -2.22. The van der Waals surface area contributed by atoms with E-state index in [0.29, 0.717) is 19.2 Å². The quantitative estimate of drug-likeness (QED) is 0.253. The van der Waals surface area contributed by atoms with Crippen LogP contribution < -0.4 is 5.32 Å². The van der Waals surface area contributed by atoms with Crippen LogP contribution in [-0.2, 0) is 4.74 Å². The fourth-order valence-electron chi connectivity index (χ4n) is 1.53. The number of aliphatic imine (C=N–C) groups is 1. The fraction of sp³-hybridized carbons (Fsp3) is 0.636. The Balaban J connectivity index is 2.44. The number of nitriles is 1. The molecule has 4 nitrogen and oxygen atoms in total. The zero-order valence-corrected chi connectivity index (χ0v) is 9.12. The van der Waals surface area contributed by atoms with E-state index in [2.05, 4.69) is 16.4 Å². The standard InChI is InChI=1S/C11H17N3O/c1-2-15-11(14-9-12)13-8-10-6-4-3-5-7-10/h6H,2-5,7-8H2,1H3,(H,13,14). The molecule has 82 valence electrons. The maximum atomic E-state index is 8.46. The number of ether oxygens (including phenoxy) is 1. The first-order valence-corrected chi connectivity index (χ1v) is 5.37. The van der Waals surface area contributed by atoms with E-state index in [1.807, 2.05) is 13.1 Å². The molecule has 0 heterocycles. The maximum Gasteiger partial charge on any atom is 0.298 e. The van der Waals surface area contributed by atoms with Crippen LogP contribution in [0.15, 0.2) is 16.6 Å². The number of nitrogens with zero attached hydrogens (tertiary/aromatic N) is 2. The van der Waals surface area contributed by atoms with Crippen LogP contribution in [0.1, 0.15) is 32.6 Å². The van der Waals surface area contributed by atoms with Crippen LogP contribution in [0.5, 0.6) is 0 Å². The van der Waals surface area contributed by atoms with Gasteiger partial charge in [0.1, 0.15) is 0 Å². The lowest BCUT2D eigenvalue weighted by molar-refractivity contribution is 0.314. The first-order chi connectivity index (χ1) is 7.36. The van der Waals surface area contributed by atoms with Gasteiger partial charge >= 0.3 is 0 Å². The number of amidine groups is 1. The largest absolute Gasteiger partial charge is 0.465 e. The Morgan fingerprint density at radius 2 is 2.53 bits per heavy atom. The van der Waals surface area contributed by atoms with Crippen molar-refractivity contribution in [1.29, 1.82) is 5.26 Å². The zero-order chi connectivity index (χ0) is 10.9. The second-order valence-corrected chi connectivity index (χ2v) is 3.40. The Morgan fingerprint density at radius 1 is 1.67 bits per heavy atom. The van der Waals surface area contributed by atoms with Crippen molar-refractivity contribution >= 4 is 6.02 Å². The third-order valence-electron chi connectivity index (χ3n) is 2.25. The van der Waals surface area contributed by atoms with Crippen molar-refractivity contribution in [2.75, 3.05) is 13.2 Å². The van der Waals surface area contributed by atoms with Gasteiger partial charge in [0.05, 0.1) is 13.2 Å². The number of allylic oxidation sites excluding steroid dienone is 1. The molecule has 0 saturated heterocycles. The van der Waals surface area contributed by atoms with Crippen LogP contribution in [0, 0.1) is 11.5 Å². The molecule has 1 aliphatic rings. The summed E-state index contributed by atoms with van der Waals surface area (Å²) in [5, 5.41) is 10.9. The van der Waals surface area contributed by atoms with Crippen LogP contribution in [0.4, 0.5) is 0 Å². The summed E-state index contributed by atoms with van der Waals surface area (Å²) in [6.07, 6.45) is 8.85. The van der Waals surface area contributed by atoms with Crippen molar-refractivity contribution < 1.29 is 4.74 Å². The van der Waals surface area contributed by atoms with Gasteiger partial charge in [-0.25, -0.2) is 10.3 Å². The molecule has 0 bridgehead atoms. The predicted octanol–water partition coefficient (Wildman–Crippen LogP) is 1.95. The van der Waals surface area contributed by atoms with Crippen LogP contribution in [0.25, 0.3) is 0 Å². The van der Waals surface area contributed by atoms with Gasteiger partial charge in [0.2, 0.25) is 0 Å². The molecule has 0 spiro atoms. The van der Waals surface area contributed by atoms with E-state index >= 15 is 0 Å². The Labute approximate surface area is 90.6 Å². The van der Waals surface area contributed by atoms with Gasteiger partial charge in [-0.3, -0.25) is 0 Å². The molecule has 1 rings (SSSR count). The van der Waals surface area contributed by atoms with Gasteiger partial charge in [0.25, 0.3) is 6.02 Å². The average molecular weight is 207 g/mol. The minimum absolute atomic E-state index is 0.325. The second-order valence-electron chi connectivity index (χ2n) is 3.40. The molecule has 0 radical (unpaired) electrons. The van der Waals surface area contributed by atoms with Crippen molar-refractivity contribution in [3.63, 3.8) is 0 Å². The van der Waals surface area contributed by atoms with Crippen LogP contribution >= 0.6 is 0 Å². The summed E-state index contributed by atoms with van der Waals surface area (Å²) in [7, 11) is 0. The van der Waals surface area contributed by atoms with E-state index in [4.69, 9.17) is 10.00 Å². The molecule has 15 heavy (non-hydrogen) atoms. The van der Waals surface area contributed by atoms with Gasteiger partial charge in [-0.1, -0.05) is 11.6 Å². The summed E-state index contributed by atoms with van der Waals surface area (Å²) in [4.78, 5) is 4.22. The normalized spacial score (nSPS) is 16.5. The smallest absolute Gasteiger partial charge is 0.298 e. The molecule has 0 saturated carbocycles. The number of rotatable bonds is 3. The Bertz CT molecular complexity index is 289. The Kier molecular flexibility index (Phi) is 5.31. The molecule has 1 N–H and O–H groups in total. The molecule has 0 amide bonds. The van der Waals surface area contributed by atoms with E-state index in [-0.39, 0.29) is 0 Å². The molecule has 0 aromatic heterocycles. The summed E-state index contributed by atoms with van der Waals surface area (Å²) in [5.41, 5.74) is 1.35. The molecule has 0 unspecified atom stereocenters. The minimum Gasteiger partial charge on any atom is -0.465 e. The summed E-state index contributed by atoms with van der Waals surface area (Å²) in [6.45, 7) is 3.03. The molecule has 1 aliphatic carbocycles. The number of hydrogen-bond donors (Lipinski definition) is 1. The van der Waals surface area contributed by atoms with Gasteiger partial charge < -0.3 is 4.74 Å². The highest BCUT2D eigenvalue weighted by molar-refractivity contribution is 5.75. The molecule has 0 aromatic carbocycles. The third-order valence-corrected chi connectivity index (χ3v) is 2.25. The summed E-state index contributed by atoms with van der Waals surface area (Å²) in [6, 6.07) is 0.325. The van der Waals surface area contributed by atoms with E-state index in [1.165, 1.54) is 18.4 Å². The monoisotopic (exact) mass is 207 g/mol. The number of nitrogens with one attached hydrogen (secondary N) is 1. The fourth-order valence-corrected chi connectivity index (χ4v) is 1.53.